The zero-order chi connectivity index (χ0) is 18.0. The molecule has 0 fully saturated rings. The summed E-state index contributed by atoms with van der Waals surface area (Å²) in [5.74, 6) is 1.44. The first-order chi connectivity index (χ1) is 12.0. The van der Waals surface area contributed by atoms with Crippen LogP contribution in [0, 0.1) is 6.92 Å². The monoisotopic (exact) mass is 340 g/mol. The normalized spacial score (nSPS) is 17.7. The summed E-state index contributed by atoms with van der Waals surface area (Å²) in [5.41, 5.74) is 8.84. The molecule has 1 aliphatic rings. The molecule has 1 amide bonds. The van der Waals surface area contributed by atoms with E-state index < -0.39 is 6.10 Å². The van der Waals surface area contributed by atoms with Gasteiger partial charge in [0, 0.05) is 6.04 Å². The predicted molar refractivity (Wildman–Crippen MR) is 98.2 cm³/mol. The summed E-state index contributed by atoms with van der Waals surface area (Å²) < 4.78 is 11.5. The molecule has 5 nitrogen and oxygen atoms in total. The Morgan fingerprint density at radius 1 is 1.28 bits per heavy atom. The maximum atomic E-state index is 12.6. The predicted octanol–water partition coefficient (Wildman–Crippen LogP) is 3.21. The van der Waals surface area contributed by atoms with Gasteiger partial charge in [-0.05, 0) is 56.2 Å². The van der Waals surface area contributed by atoms with Gasteiger partial charge in [0.1, 0.15) is 18.1 Å². The van der Waals surface area contributed by atoms with Crippen LogP contribution in [0.5, 0.6) is 11.5 Å². The Balaban J connectivity index is 1.77. The maximum absolute atomic E-state index is 12.6. The molecule has 5 heteroatoms. The minimum absolute atomic E-state index is 0.0674. The summed E-state index contributed by atoms with van der Waals surface area (Å²) in [6.45, 7) is 6.56. The summed E-state index contributed by atoms with van der Waals surface area (Å²) in [6.07, 6.45) is -0.507. The van der Waals surface area contributed by atoms with E-state index in [1.54, 1.807) is 11.8 Å². The van der Waals surface area contributed by atoms with Crippen molar-refractivity contribution in [3.8, 4) is 11.5 Å². The standard InChI is InChI=1S/C20H24N2O3/c1-13-5-4-6-17(11-13)24-10-9-22-18-12-16(14(2)21)7-8-19(18)25-15(3)20(22)23/h4-8,11-12,14-15H,9-10,21H2,1-3H3. The highest BCUT2D eigenvalue weighted by molar-refractivity contribution is 5.99. The lowest BCUT2D eigenvalue weighted by Crippen LogP contribution is -2.46. The summed E-state index contributed by atoms with van der Waals surface area (Å²) in [4.78, 5) is 14.3. The van der Waals surface area contributed by atoms with Gasteiger partial charge in [-0.25, -0.2) is 0 Å². The SMILES string of the molecule is Cc1cccc(OCCN2C(=O)C(C)Oc3ccc(C(C)N)cc32)c1. The molecule has 2 atom stereocenters. The number of nitrogens with two attached hydrogens (primary N) is 1. The molecule has 25 heavy (non-hydrogen) atoms. The molecule has 1 heterocycles. The molecular weight excluding hydrogens is 316 g/mol. The van der Waals surface area contributed by atoms with Gasteiger partial charge in [-0.15, -0.1) is 0 Å². The van der Waals surface area contributed by atoms with Crippen LogP contribution in [-0.4, -0.2) is 25.2 Å². The van der Waals surface area contributed by atoms with Crippen molar-refractivity contribution in [3.63, 3.8) is 0 Å². The van der Waals surface area contributed by atoms with Gasteiger partial charge in [-0.3, -0.25) is 4.79 Å². The van der Waals surface area contributed by atoms with Crippen molar-refractivity contribution >= 4 is 11.6 Å². The summed E-state index contributed by atoms with van der Waals surface area (Å²) in [7, 11) is 0. The first-order valence-corrected chi connectivity index (χ1v) is 8.52. The van der Waals surface area contributed by atoms with Gasteiger partial charge in [0.05, 0.1) is 12.2 Å². The van der Waals surface area contributed by atoms with Crippen LogP contribution in [0.3, 0.4) is 0 Å². The average Bonchev–Trinajstić information content (AvgIpc) is 2.58. The first-order valence-electron chi connectivity index (χ1n) is 8.52. The highest BCUT2D eigenvalue weighted by Crippen LogP contribution is 2.35. The second-order valence-electron chi connectivity index (χ2n) is 6.43. The fourth-order valence-electron chi connectivity index (χ4n) is 2.90. The number of carbonyl (C=O) groups excluding carboxylic acids is 1. The fraction of sp³-hybridized carbons (Fsp3) is 0.350. The second kappa shape index (κ2) is 7.15. The highest BCUT2D eigenvalue weighted by Gasteiger charge is 2.31. The van der Waals surface area contributed by atoms with Gasteiger partial charge < -0.3 is 20.1 Å². The van der Waals surface area contributed by atoms with E-state index in [0.717, 1.165) is 22.6 Å². The van der Waals surface area contributed by atoms with E-state index in [2.05, 4.69) is 0 Å². The Morgan fingerprint density at radius 3 is 2.80 bits per heavy atom. The lowest BCUT2D eigenvalue weighted by molar-refractivity contribution is -0.125. The van der Waals surface area contributed by atoms with E-state index in [1.807, 2.05) is 56.3 Å². The van der Waals surface area contributed by atoms with E-state index >= 15 is 0 Å². The molecule has 0 radical (unpaired) electrons. The third-order valence-electron chi connectivity index (χ3n) is 4.29. The van der Waals surface area contributed by atoms with Crippen molar-refractivity contribution < 1.29 is 14.3 Å². The molecule has 3 rings (SSSR count). The summed E-state index contributed by atoms with van der Waals surface area (Å²) >= 11 is 0. The highest BCUT2D eigenvalue weighted by atomic mass is 16.5. The summed E-state index contributed by atoms with van der Waals surface area (Å²) in [5, 5.41) is 0. The molecule has 0 saturated heterocycles. The number of nitrogens with zero attached hydrogens (tertiary/aromatic N) is 1. The van der Waals surface area contributed by atoms with Crippen molar-refractivity contribution in [2.24, 2.45) is 5.73 Å². The molecule has 1 aliphatic heterocycles. The first kappa shape index (κ1) is 17.3. The Kier molecular flexibility index (Phi) is 4.95. The van der Waals surface area contributed by atoms with Gasteiger partial charge in [0.15, 0.2) is 6.10 Å². The number of anilines is 1. The number of fused-ring (bicyclic) bond motifs is 1. The molecule has 2 aromatic rings. The van der Waals surface area contributed by atoms with Crippen LogP contribution >= 0.6 is 0 Å². The number of benzene rings is 2. The fourth-order valence-corrected chi connectivity index (χ4v) is 2.90. The Labute approximate surface area is 148 Å². The number of hydrogen-bond acceptors (Lipinski definition) is 4. The molecular formula is C20H24N2O3. The van der Waals surface area contributed by atoms with Crippen LogP contribution in [-0.2, 0) is 4.79 Å². The lowest BCUT2D eigenvalue weighted by atomic mass is 10.1. The average molecular weight is 340 g/mol. The number of aryl methyl sites for hydroxylation is 1. The van der Waals surface area contributed by atoms with Crippen LogP contribution in [0.4, 0.5) is 5.69 Å². The van der Waals surface area contributed by atoms with Crippen LogP contribution < -0.4 is 20.1 Å². The molecule has 0 bridgehead atoms. The molecule has 0 aliphatic carbocycles. The van der Waals surface area contributed by atoms with Crippen molar-refractivity contribution in [1.82, 2.24) is 0 Å². The molecule has 132 valence electrons. The maximum Gasteiger partial charge on any atom is 0.267 e. The number of hydrogen-bond donors (Lipinski definition) is 1. The molecule has 0 aromatic heterocycles. The third-order valence-corrected chi connectivity index (χ3v) is 4.29. The van der Waals surface area contributed by atoms with E-state index in [9.17, 15) is 4.79 Å². The smallest absolute Gasteiger partial charge is 0.267 e. The zero-order valence-corrected chi connectivity index (χ0v) is 14.9. The second-order valence-corrected chi connectivity index (χ2v) is 6.43. The van der Waals surface area contributed by atoms with Crippen molar-refractivity contribution in [1.29, 1.82) is 0 Å². The number of rotatable bonds is 5. The van der Waals surface area contributed by atoms with Crippen molar-refractivity contribution in [2.75, 3.05) is 18.1 Å². The van der Waals surface area contributed by atoms with E-state index in [0.29, 0.717) is 18.9 Å². The molecule has 2 aromatic carbocycles. The van der Waals surface area contributed by atoms with Crippen molar-refractivity contribution in [2.45, 2.75) is 32.9 Å². The molecule has 2 N–H and O–H groups in total. The van der Waals surface area contributed by atoms with Crippen molar-refractivity contribution in [3.05, 3.63) is 53.6 Å². The quantitative estimate of drug-likeness (QED) is 0.908. The Morgan fingerprint density at radius 2 is 2.08 bits per heavy atom. The Bertz CT molecular complexity index is 773. The molecule has 0 spiro atoms. The van der Waals surface area contributed by atoms with Crippen LogP contribution in [0.2, 0.25) is 0 Å². The van der Waals surface area contributed by atoms with E-state index in [-0.39, 0.29) is 11.9 Å². The van der Waals surface area contributed by atoms with Gasteiger partial charge in [0.2, 0.25) is 0 Å². The molecule has 2 unspecified atom stereocenters. The van der Waals surface area contributed by atoms with E-state index in [1.165, 1.54) is 0 Å². The topological polar surface area (TPSA) is 64.8 Å². The largest absolute Gasteiger partial charge is 0.492 e. The minimum atomic E-state index is -0.507. The number of amides is 1. The van der Waals surface area contributed by atoms with Gasteiger partial charge in [-0.2, -0.15) is 0 Å². The van der Waals surface area contributed by atoms with Gasteiger partial charge in [-0.1, -0.05) is 18.2 Å². The van der Waals surface area contributed by atoms with Crippen LogP contribution in [0.1, 0.15) is 31.0 Å². The minimum Gasteiger partial charge on any atom is -0.492 e. The van der Waals surface area contributed by atoms with Crippen LogP contribution in [0.15, 0.2) is 42.5 Å². The third kappa shape index (κ3) is 3.77. The molecule has 0 saturated carbocycles. The van der Waals surface area contributed by atoms with Gasteiger partial charge in [0.25, 0.3) is 5.91 Å². The Hall–Kier alpha value is -2.53. The lowest BCUT2D eigenvalue weighted by Gasteiger charge is -2.33. The number of carbonyl (C=O) groups is 1. The summed E-state index contributed by atoms with van der Waals surface area (Å²) in [6, 6.07) is 13.5. The van der Waals surface area contributed by atoms with Crippen LogP contribution in [0.25, 0.3) is 0 Å². The number of ether oxygens (including phenoxy) is 2. The van der Waals surface area contributed by atoms with Gasteiger partial charge >= 0.3 is 0 Å². The zero-order valence-electron chi connectivity index (χ0n) is 14.9. The van der Waals surface area contributed by atoms with E-state index in [4.69, 9.17) is 15.2 Å².